The van der Waals surface area contributed by atoms with Crippen molar-refractivity contribution in [1.82, 2.24) is 23.9 Å². The number of rotatable bonds is 5. The van der Waals surface area contributed by atoms with E-state index in [1.807, 2.05) is 12.1 Å². The van der Waals surface area contributed by atoms with Crippen LogP contribution in [0.1, 0.15) is 12.0 Å². The molecule has 12 heteroatoms. The predicted molar refractivity (Wildman–Crippen MR) is 131 cm³/mol. The normalized spacial score (nSPS) is 11.0. The van der Waals surface area contributed by atoms with E-state index in [4.69, 9.17) is 4.74 Å². The van der Waals surface area contributed by atoms with Gasteiger partial charge in [0.25, 0.3) is 5.56 Å². The van der Waals surface area contributed by atoms with Crippen molar-refractivity contribution in [3.63, 3.8) is 0 Å². The average molecular weight is 502 g/mol. The second kappa shape index (κ2) is 8.76. The van der Waals surface area contributed by atoms with Crippen LogP contribution in [0.5, 0.6) is 5.75 Å². The third-order valence-corrected chi connectivity index (χ3v) is 6.95. The second-order valence-electron chi connectivity index (χ2n) is 7.82. The molecule has 0 amide bonds. The highest BCUT2D eigenvalue weighted by Crippen LogP contribution is 2.36. The van der Waals surface area contributed by atoms with Crippen LogP contribution in [-0.2, 0) is 13.6 Å². The van der Waals surface area contributed by atoms with Gasteiger partial charge in [-0.1, -0.05) is 0 Å². The van der Waals surface area contributed by atoms with Gasteiger partial charge in [-0.3, -0.25) is 19.0 Å². The van der Waals surface area contributed by atoms with E-state index >= 15 is 0 Å². The Kier molecular flexibility index (Phi) is 5.59. The van der Waals surface area contributed by atoms with Crippen LogP contribution >= 0.6 is 11.3 Å². The molecule has 0 aliphatic rings. The smallest absolute Gasteiger partial charge is 0.336 e. The van der Waals surface area contributed by atoms with Crippen molar-refractivity contribution < 1.29 is 9.13 Å². The molecule has 0 spiro atoms. The lowest BCUT2D eigenvalue weighted by Crippen LogP contribution is -2.38. The van der Waals surface area contributed by atoms with Crippen molar-refractivity contribution in [2.75, 3.05) is 7.11 Å². The van der Waals surface area contributed by atoms with E-state index < -0.39 is 17.1 Å². The molecule has 36 heavy (non-hydrogen) atoms. The number of aryl methyl sites for hydroxylation is 2. The summed E-state index contributed by atoms with van der Waals surface area (Å²) in [6.07, 6.45) is 4.59. The standard InChI is InChI=1S/C24H16FN7O3S/c1-30-21-14(11-29-30)10-28-12-18(21)32-23(33)22-17(31(24(32)34)5-3-4-26)8-20(36-22)15-7-16(25)19(35-2)6-13(15)9-27/h6-8,10-12H,3,5H2,1-2H3. The van der Waals surface area contributed by atoms with E-state index in [0.29, 0.717) is 21.3 Å². The maximum atomic E-state index is 14.5. The van der Waals surface area contributed by atoms with Gasteiger partial charge in [-0.05, 0) is 12.1 Å². The van der Waals surface area contributed by atoms with Gasteiger partial charge in [0.2, 0.25) is 0 Å². The van der Waals surface area contributed by atoms with E-state index in [-0.39, 0.29) is 40.2 Å². The van der Waals surface area contributed by atoms with Crippen molar-refractivity contribution in [3.8, 4) is 34.0 Å². The SMILES string of the molecule is COc1cc(C#N)c(-c2cc3c(s2)c(=O)n(-c2cncc4cnn(C)c24)c(=O)n3CCC#N)cc1F. The number of methoxy groups -OCH3 is 1. The molecule has 0 bridgehead atoms. The third kappa shape index (κ3) is 3.43. The Bertz CT molecular complexity index is 1890. The Morgan fingerprint density at radius 3 is 2.69 bits per heavy atom. The molecule has 178 valence electrons. The molecule has 10 nitrogen and oxygen atoms in total. The third-order valence-electron chi connectivity index (χ3n) is 5.81. The minimum absolute atomic E-state index is 0.0210. The molecular formula is C24H16FN7O3S. The van der Waals surface area contributed by atoms with E-state index in [0.717, 1.165) is 15.9 Å². The number of thiophene rings is 1. The van der Waals surface area contributed by atoms with E-state index in [1.165, 1.54) is 30.0 Å². The highest BCUT2D eigenvalue weighted by Gasteiger charge is 2.22. The van der Waals surface area contributed by atoms with Crippen molar-refractivity contribution in [1.29, 1.82) is 10.5 Å². The zero-order chi connectivity index (χ0) is 25.6. The van der Waals surface area contributed by atoms with Crippen LogP contribution in [0.3, 0.4) is 0 Å². The molecule has 4 aromatic heterocycles. The molecule has 0 saturated carbocycles. The van der Waals surface area contributed by atoms with Crippen molar-refractivity contribution in [3.05, 3.63) is 69.0 Å². The summed E-state index contributed by atoms with van der Waals surface area (Å²) in [5.41, 5.74) is 0.246. The Labute approximate surface area is 206 Å². The molecule has 4 heterocycles. The fourth-order valence-corrected chi connectivity index (χ4v) is 5.27. The maximum absolute atomic E-state index is 14.5. The second-order valence-corrected chi connectivity index (χ2v) is 8.87. The number of hydrogen-bond acceptors (Lipinski definition) is 8. The van der Waals surface area contributed by atoms with Crippen molar-refractivity contribution in [2.45, 2.75) is 13.0 Å². The fourth-order valence-electron chi connectivity index (χ4n) is 4.15. The molecule has 5 rings (SSSR count). The van der Waals surface area contributed by atoms with E-state index in [1.54, 1.807) is 30.2 Å². The number of fused-ring (bicyclic) bond motifs is 2. The maximum Gasteiger partial charge on any atom is 0.336 e. The fraction of sp³-hybridized carbons (Fsp3) is 0.167. The molecule has 0 radical (unpaired) electrons. The number of nitrogens with zero attached hydrogens (tertiary/aromatic N) is 7. The monoisotopic (exact) mass is 501 g/mol. The first-order valence-electron chi connectivity index (χ1n) is 10.6. The lowest BCUT2D eigenvalue weighted by atomic mass is 10.1. The van der Waals surface area contributed by atoms with Gasteiger partial charge in [-0.2, -0.15) is 15.6 Å². The van der Waals surface area contributed by atoms with Gasteiger partial charge in [0.05, 0.1) is 60.3 Å². The largest absolute Gasteiger partial charge is 0.494 e. The van der Waals surface area contributed by atoms with Crippen molar-refractivity contribution >= 4 is 32.5 Å². The number of hydrogen-bond donors (Lipinski definition) is 0. The Hall–Kier alpha value is -4.81. The lowest BCUT2D eigenvalue weighted by molar-refractivity contribution is 0.386. The number of ether oxygens (including phenoxy) is 1. The van der Waals surface area contributed by atoms with Gasteiger partial charge < -0.3 is 4.74 Å². The summed E-state index contributed by atoms with van der Waals surface area (Å²) in [5.74, 6) is -0.751. The molecule has 0 atom stereocenters. The Balaban J connectivity index is 1.86. The van der Waals surface area contributed by atoms with Gasteiger partial charge in [0, 0.05) is 41.7 Å². The summed E-state index contributed by atoms with van der Waals surface area (Å²) >= 11 is 1.03. The Morgan fingerprint density at radius 2 is 1.97 bits per heavy atom. The summed E-state index contributed by atoms with van der Waals surface area (Å²) in [7, 11) is 2.99. The minimum atomic E-state index is -0.669. The minimum Gasteiger partial charge on any atom is -0.494 e. The van der Waals surface area contributed by atoms with Crippen LogP contribution in [0.2, 0.25) is 0 Å². The molecule has 0 N–H and O–H groups in total. The van der Waals surface area contributed by atoms with Crippen LogP contribution in [0.15, 0.2) is 46.4 Å². The van der Waals surface area contributed by atoms with Crippen LogP contribution in [-0.4, -0.2) is 31.0 Å². The van der Waals surface area contributed by atoms with Gasteiger partial charge in [-0.25, -0.2) is 13.8 Å². The summed E-state index contributed by atoms with van der Waals surface area (Å²) in [6.45, 7) is 0.0269. The molecule has 0 aliphatic heterocycles. The first-order valence-corrected chi connectivity index (χ1v) is 11.4. The van der Waals surface area contributed by atoms with E-state index in [9.17, 15) is 24.5 Å². The highest BCUT2D eigenvalue weighted by molar-refractivity contribution is 7.22. The van der Waals surface area contributed by atoms with Crippen LogP contribution in [0, 0.1) is 28.5 Å². The molecule has 0 fully saturated rings. The zero-order valence-corrected chi connectivity index (χ0v) is 19.8. The first-order chi connectivity index (χ1) is 17.4. The summed E-state index contributed by atoms with van der Waals surface area (Å²) in [6, 6.07) is 8.05. The molecule has 0 unspecified atom stereocenters. The lowest BCUT2D eigenvalue weighted by Gasteiger charge is -2.12. The van der Waals surface area contributed by atoms with Crippen molar-refractivity contribution in [2.24, 2.45) is 7.05 Å². The van der Waals surface area contributed by atoms with Gasteiger partial charge in [-0.15, -0.1) is 11.3 Å². The molecular weight excluding hydrogens is 485 g/mol. The highest BCUT2D eigenvalue weighted by atomic mass is 32.1. The molecule has 0 aliphatic carbocycles. The van der Waals surface area contributed by atoms with Crippen LogP contribution in [0.4, 0.5) is 4.39 Å². The molecule has 1 aromatic carbocycles. The average Bonchev–Trinajstić information content (AvgIpc) is 3.49. The number of nitriles is 2. The summed E-state index contributed by atoms with van der Waals surface area (Å²) < 4.78 is 23.6. The van der Waals surface area contributed by atoms with Crippen LogP contribution in [0.25, 0.3) is 37.2 Å². The number of aromatic nitrogens is 5. The number of halogens is 1. The molecule has 0 saturated heterocycles. The van der Waals surface area contributed by atoms with Gasteiger partial charge in [0.1, 0.15) is 4.70 Å². The first kappa shape index (κ1) is 23.0. The number of pyridine rings is 1. The zero-order valence-electron chi connectivity index (χ0n) is 19.0. The summed E-state index contributed by atoms with van der Waals surface area (Å²) in [5, 5.41) is 23.6. The topological polar surface area (TPSA) is 132 Å². The van der Waals surface area contributed by atoms with Gasteiger partial charge >= 0.3 is 5.69 Å². The molecule has 5 aromatic rings. The van der Waals surface area contributed by atoms with Crippen LogP contribution < -0.4 is 16.0 Å². The van der Waals surface area contributed by atoms with Gasteiger partial charge in [0.15, 0.2) is 11.6 Å². The predicted octanol–water partition coefficient (Wildman–Crippen LogP) is 3.10. The Morgan fingerprint density at radius 1 is 1.17 bits per heavy atom. The quantitative estimate of drug-likeness (QED) is 0.361. The summed E-state index contributed by atoms with van der Waals surface area (Å²) in [4.78, 5) is 31.9. The van der Waals surface area contributed by atoms with E-state index in [2.05, 4.69) is 10.1 Å². The number of benzene rings is 1.